The molecule has 0 spiro atoms. The Kier molecular flexibility index (Phi) is 3.73. The summed E-state index contributed by atoms with van der Waals surface area (Å²) in [6, 6.07) is -1.29. The van der Waals surface area contributed by atoms with Crippen LogP contribution in [0, 0.1) is 20.2 Å². The molecule has 0 rings (SSSR count). The summed E-state index contributed by atoms with van der Waals surface area (Å²) < 4.78 is 0. The number of hydrogen-bond donors (Lipinski definition) is 1. The average Bonchev–Trinajstić information content (AvgIpc) is 1.82. The van der Waals surface area contributed by atoms with Crippen molar-refractivity contribution in [1.29, 1.82) is 0 Å². The lowest BCUT2D eigenvalue weighted by atomic mass is 9.95. The van der Waals surface area contributed by atoms with Gasteiger partial charge < -0.3 is 5.11 Å². The molecule has 0 aromatic heterocycles. The van der Waals surface area contributed by atoms with Gasteiger partial charge in [0.05, 0.1) is 0 Å². The smallest absolute Gasteiger partial charge is 0.247 e. The predicted octanol–water partition coefficient (Wildman–Crippen LogP) is 0.0694. The van der Waals surface area contributed by atoms with Crippen LogP contribution in [0.2, 0.25) is 0 Å². The molecule has 76 valence electrons. The maximum atomic E-state index is 10.4. The fraction of sp³-hybridized carbons (Fsp3) is 1.00. The summed E-state index contributed by atoms with van der Waals surface area (Å²) in [6.07, 6.45) is 0.0633. The molecule has 2 unspecified atom stereocenters. The van der Waals surface area contributed by atoms with Crippen LogP contribution < -0.4 is 0 Å². The molecule has 7 heteroatoms. The molecule has 0 bridgehead atoms. The Hall–Kier alpha value is -1.24. The first kappa shape index (κ1) is 11.8. The molecule has 0 aliphatic heterocycles. The van der Waals surface area contributed by atoms with E-state index >= 15 is 0 Å². The minimum Gasteiger partial charge on any atom is -0.377 e. The molecule has 0 radical (unpaired) electrons. The summed E-state index contributed by atoms with van der Waals surface area (Å²) in [4.78, 5) is 19.0. The molecule has 0 amide bonds. The molecule has 0 aliphatic rings. The van der Waals surface area contributed by atoms with E-state index in [9.17, 15) is 25.3 Å². The van der Waals surface area contributed by atoms with E-state index in [0.717, 1.165) is 6.92 Å². The van der Waals surface area contributed by atoms with Crippen LogP contribution in [0.15, 0.2) is 0 Å². The van der Waals surface area contributed by atoms with Gasteiger partial charge in [-0.3, -0.25) is 20.2 Å². The third-order valence-corrected chi connectivity index (χ3v) is 1.81. The van der Waals surface area contributed by atoms with Gasteiger partial charge in [-0.15, -0.1) is 0 Å². The molecule has 7 nitrogen and oxygen atoms in total. The molecule has 1 N–H and O–H groups in total. The van der Waals surface area contributed by atoms with Gasteiger partial charge in [0.15, 0.2) is 5.60 Å². The Labute approximate surface area is 74.7 Å². The van der Waals surface area contributed by atoms with Gasteiger partial charge in [-0.2, -0.15) is 0 Å². The van der Waals surface area contributed by atoms with Crippen molar-refractivity contribution in [3.05, 3.63) is 20.2 Å². The zero-order valence-corrected chi connectivity index (χ0v) is 7.47. The van der Waals surface area contributed by atoms with Gasteiger partial charge >= 0.3 is 0 Å². The minimum absolute atomic E-state index is 0.0633. The number of rotatable bonds is 5. The predicted molar refractivity (Wildman–Crippen MR) is 43.6 cm³/mol. The molecule has 0 saturated heterocycles. The molecular weight excluding hydrogens is 180 g/mol. The summed E-state index contributed by atoms with van der Waals surface area (Å²) in [5.41, 5.74) is -1.89. The van der Waals surface area contributed by atoms with E-state index in [4.69, 9.17) is 0 Å². The lowest BCUT2D eigenvalue weighted by Gasteiger charge is -2.21. The van der Waals surface area contributed by atoms with Crippen molar-refractivity contribution in [3.63, 3.8) is 0 Å². The summed E-state index contributed by atoms with van der Waals surface area (Å²) in [7, 11) is 0. The summed E-state index contributed by atoms with van der Waals surface area (Å²) in [5, 5.41) is 29.9. The molecule has 0 heterocycles. The Morgan fingerprint density at radius 2 is 1.92 bits per heavy atom. The van der Waals surface area contributed by atoms with E-state index in [0.29, 0.717) is 0 Å². The summed E-state index contributed by atoms with van der Waals surface area (Å²) in [5.74, 6) is 0. The van der Waals surface area contributed by atoms with Crippen LogP contribution in [0.3, 0.4) is 0 Å². The van der Waals surface area contributed by atoms with Crippen molar-refractivity contribution >= 4 is 0 Å². The Morgan fingerprint density at radius 1 is 1.46 bits per heavy atom. The van der Waals surface area contributed by atoms with Crippen LogP contribution in [-0.4, -0.2) is 33.1 Å². The van der Waals surface area contributed by atoms with Crippen LogP contribution in [0.4, 0.5) is 0 Å². The average molecular weight is 192 g/mol. The number of aliphatic hydroxyl groups is 1. The zero-order chi connectivity index (χ0) is 10.6. The second-order valence-corrected chi connectivity index (χ2v) is 3.06. The Bertz CT molecular complexity index is 215. The van der Waals surface area contributed by atoms with Crippen molar-refractivity contribution in [2.45, 2.75) is 31.9 Å². The summed E-state index contributed by atoms with van der Waals surface area (Å²) >= 11 is 0. The van der Waals surface area contributed by atoms with Gasteiger partial charge in [0.1, 0.15) is 0 Å². The first-order valence-electron chi connectivity index (χ1n) is 3.79. The normalized spacial score (nSPS) is 17.5. The van der Waals surface area contributed by atoms with E-state index < -0.39 is 28.0 Å². The SMILES string of the molecule is CCC([N+](=O)[O-])C(C)(O)C[N+](=O)[O-]. The fourth-order valence-electron chi connectivity index (χ4n) is 1.18. The molecule has 0 aromatic carbocycles. The van der Waals surface area contributed by atoms with Crippen LogP contribution >= 0.6 is 0 Å². The quantitative estimate of drug-likeness (QED) is 0.490. The molecule has 0 aliphatic carbocycles. The maximum absolute atomic E-state index is 10.4. The third-order valence-electron chi connectivity index (χ3n) is 1.81. The second-order valence-electron chi connectivity index (χ2n) is 3.06. The van der Waals surface area contributed by atoms with Crippen molar-refractivity contribution in [2.75, 3.05) is 6.54 Å². The maximum Gasteiger partial charge on any atom is 0.247 e. The lowest BCUT2D eigenvalue weighted by Crippen LogP contribution is -2.49. The van der Waals surface area contributed by atoms with E-state index in [1.807, 2.05) is 0 Å². The van der Waals surface area contributed by atoms with Gasteiger partial charge in [-0.25, -0.2) is 0 Å². The standard InChI is InChI=1S/C6H12N2O5/c1-3-5(8(12)13)6(2,9)4-7(10)11/h5,9H,3-4H2,1-2H3. The van der Waals surface area contributed by atoms with E-state index in [1.54, 1.807) is 0 Å². The molecule has 2 atom stereocenters. The van der Waals surface area contributed by atoms with Crippen molar-refractivity contribution in [2.24, 2.45) is 0 Å². The van der Waals surface area contributed by atoms with Crippen LogP contribution in [0.5, 0.6) is 0 Å². The highest BCUT2D eigenvalue weighted by Gasteiger charge is 2.44. The minimum atomic E-state index is -1.89. The highest BCUT2D eigenvalue weighted by molar-refractivity contribution is 4.80. The molecular formula is C6H12N2O5. The second kappa shape index (κ2) is 4.13. The van der Waals surface area contributed by atoms with Crippen molar-refractivity contribution in [1.82, 2.24) is 0 Å². The number of nitrogens with zero attached hydrogens (tertiary/aromatic N) is 2. The Morgan fingerprint density at radius 3 is 2.15 bits per heavy atom. The van der Waals surface area contributed by atoms with Gasteiger partial charge in [0.2, 0.25) is 12.6 Å². The highest BCUT2D eigenvalue weighted by Crippen LogP contribution is 2.16. The van der Waals surface area contributed by atoms with Gasteiger partial charge in [-0.1, -0.05) is 6.92 Å². The third kappa shape index (κ3) is 3.32. The zero-order valence-electron chi connectivity index (χ0n) is 7.47. The lowest BCUT2D eigenvalue weighted by molar-refractivity contribution is -0.572. The van der Waals surface area contributed by atoms with Gasteiger partial charge in [0, 0.05) is 16.3 Å². The van der Waals surface area contributed by atoms with Crippen LogP contribution in [0.1, 0.15) is 20.3 Å². The van der Waals surface area contributed by atoms with Crippen molar-refractivity contribution < 1.29 is 15.0 Å². The van der Waals surface area contributed by atoms with Gasteiger partial charge in [-0.05, 0) is 6.92 Å². The molecule has 0 saturated carbocycles. The topological polar surface area (TPSA) is 107 Å². The largest absolute Gasteiger partial charge is 0.377 e. The van der Waals surface area contributed by atoms with E-state index in [-0.39, 0.29) is 6.42 Å². The van der Waals surface area contributed by atoms with Crippen LogP contribution in [-0.2, 0) is 0 Å². The molecule has 0 fully saturated rings. The van der Waals surface area contributed by atoms with Crippen molar-refractivity contribution in [3.8, 4) is 0 Å². The first-order valence-corrected chi connectivity index (χ1v) is 3.79. The number of nitro groups is 2. The molecule has 0 aromatic rings. The van der Waals surface area contributed by atoms with E-state index in [1.165, 1.54) is 6.92 Å². The monoisotopic (exact) mass is 192 g/mol. The number of hydrogen-bond acceptors (Lipinski definition) is 5. The van der Waals surface area contributed by atoms with Crippen LogP contribution in [0.25, 0.3) is 0 Å². The highest BCUT2D eigenvalue weighted by atomic mass is 16.6. The fourth-order valence-corrected chi connectivity index (χ4v) is 1.18. The first-order chi connectivity index (χ1) is 5.81. The summed E-state index contributed by atoms with van der Waals surface area (Å²) in [6.45, 7) is 1.79. The van der Waals surface area contributed by atoms with Gasteiger partial charge in [0.25, 0.3) is 0 Å². The Balaban J connectivity index is 4.56. The molecule has 13 heavy (non-hydrogen) atoms. The van der Waals surface area contributed by atoms with E-state index in [2.05, 4.69) is 0 Å².